The minimum absolute atomic E-state index is 0.174. The van der Waals surface area contributed by atoms with Gasteiger partial charge in [0.15, 0.2) is 5.82 Å². The fraction of sp³-hybridized carbons (Fsp3) is 0.650. The number of furan rings is 1. The summed E-state index contributed by atoms with van der Waals surface area (Å²) in [6, 6.07) is 3.94. The van der Waals surface area contributed by atoms with Crippen LogP contribution < -0.4 is 0 Å². The molecule has 2 fully saturated rings. The third-order valence-electron chi connectivity index (χ3n) is 5.86. The monoisotopic (exact) mass is 372 g/mol. The molecule has 2 aromatic heterocycles. The van der Waals surface area contributed by atoms with Gasteiger partial charge in [-0.2, -0.15) is 4.98 Å². The molecule has 7 heteroatoms. The van der Waals surface area contributed by atoms with Crippen LogP contribution in [-0.4, -0.2) is 52.0 Å². The van der Waals surface area contributed by atoms with Crippen molar-refractivity contribution in [1.29, 1.82) is 0 Å². The van der Waals surface area contributed by atoms with E-state index >= 15 is 0 Å². The van der Waals surface area contributed by atoms with Crippen molar-refractivity contribution in [3.8, 4) is 0 Å². The molecule has 146 valence electrons. The SMILES string of the molecule is Cc1noc(CC2CCN(C(=O)C3CCN(Cc4ccco4)CC3)CC2)n1. The van der Waals surface area contributed by atoms with Gasteiger partial charge in [0.25, 0.3) is 0 Å². The molecule has 0 aromatic carbocycles. The van der Waals surface area contributed by atoms with E-state index in [0.717, 1.165) is 76.5 Å². The molecule has 0 bridgehead atoms. The van der Waals surface area contributed by atoms with Crippen LogP contribution in [0.2, 0.25) is 0 Å². The largest absolute Gasteiger partial charge is 0.468 e. The fourth-order valence-electron chi connectivity index (χ4n) is 4.25. The van der Waals surface area contributed by atoms with Gasteiger partial charge in [-0.25, -0.2) is 0 Å². The van der Waals surface area contributed by atoms with Crippen LogP contribution in [0.4, 0.5) is 0 Å². The molecule has 0 atom stereocenters. The molecule has 2 saturated heterocycles. The maximum absolute atomic E-state index is 12.9. The highest BCUT2D eigenvalue weighted by Crippen LogP contribution is 2.26. The summed E-state index contributed by atoms with van der Waals surface area (Å²) in [6.07, 6.45) is 6.47. The molecule has 1 amide bonds. The molecular weight excluding hydrogens is 344 g/mol. The highest BCUT2D eigenvalue weighted by molar-refractivity contribution is 5.79. The van der Waals surface area contributed by atoms with E-state index in [-0.39, 0.29) is 5.92 Å². The van der Waals surface area contributed by atoms with Crippen molar-refractivity contribution >= 4 is 5.91 Å². The van der Waals surface area contributed by atoms with E-state index in [1.807, 2.05) is 19.1 Å². The quantitative estimate of drug-likeness (QED) is 0.803. The first kappa shape index (κ1) is 18.2. The Morgan fingerprint density at radius 1 is 1.19 bits per heavy atom. The fourth-order valence-corrected chi connectivity index (χ4v) is 4.25. The van der Waals surface area contributed by atoms with Crippen molar-refractivity contribution in [3.63, 3.8) is 0 Å². The standard InChI is InChI=1S/C20H28N4O3/c1-15-21-19(27-22-15)13-16-4-10-24(11-5-16)20(25)17-6-8-23(9-7-17)14-18-3-2-12-26-18/h2-3,12,16-17H,4-11,13-14H2,1H3. The molecule has 2 aromatic rings. The van der Waals surface area contributed by atoms with E-state index in [9.17, 15) is 4.79 Å². The Kier molecular flexibility index (Phi) is 5.57. The number of hydrogen-bond acceptors (Lipinski definition) is 6. The second-order valence-electron chi connectivity index (χ2n) is 7.84. The number of hydrogen-bond donors (Lipinski definition) is 0. The van der Waals surface area contributed by atoms with Crippen molar-refractivity contribution in [2.24, 2.45) is 11.8 Å². The van der Waals surface area contributed by atoms with Crippen LogP contribution in [0.1, 0.15) is 43.2 Å². The molecule has 4 rings (SSSR count). The molecule has 7 nitrogen and oxygen atoms in total. The number of carbonyl (C=O) groups is 1. The second kappa shape index (κ2) is 8.25. The van der Waals surface area contributed by atoms with E-state index in [2.05, 4.69) is 19.9 Å². The Bertz CT molecular complexity index is 726. The molecule has 0 unspecified atom stereocenters. The number of nitrogens with zero attached hydrogens (tertiary/aromatic N) is 4. The summed E-state index contributed by atoms with van der Waals surface area (Å²) in [5.41, 5.74) is 0. The first-order chi connectivity index (χ1) is 13.2. The van der Waals surface area contributed by atoms with Gasteiger partial charge in [0.2, 0.25) is 11.8 Å². The number of aromatic nitrogens is 2. The number of carbonyl (C=O) groups excluding carboxylic acids is 1. The van der Waals surface area contributed by atoms with Crippen LogP contribution >= 0.6 is 0 Å². The van der Waals surface area contributed by atoms with Gasteiger partial charge in [-0.15, -0.1) is 0 Å². The number of likely N-dealkylation sites (tertiary alicyclic amines) is 2. The Hall–Kier alpha value is -2.15. The molecule has 2 aliphatic rings. The molecule has 27 heavy (non-hydrogen) atoms. The normalized spacial score (nSPS) is 20.3. The Morgan fingerprint density at radius 2 is 1.96 bits per heavy atom. The third kappa shape index (κ3) is 4.58. The van der Waals surface area contributed by atoms with E-state index in [0.29, 0.717) is 17.6 Å². The average Bonchev–Trinajstić information content (AvgIpc) is 3.34. The van der Waals surface area contributed by atoms with Crippen LogP contribution in [0.3, 0.4) is 0 Å². The van der Waals surface area contributed by atoms with Crippen molar-refractivity contribution in [3.05, 3.63) is 35.9 Å². The number of rotatable bonds is 5. The highest BCUT2D eigenvalue weighted by atomic mass is 16.5. The van der Waals surface area contributed by atoms with E-state index < -0.39 is 0 Å². The van der Waals surface area contributed by atoms with Crippen LogP contribution in [-0.2, 0) is 17.8 Å². The molecule has 0 aliphatic carbocycles. The lowest BCUT2D eigenvalue weighted by atomic mass is 9.90. The van der Waals surface area contributed by atoms with E-state index in [1.54, 1.807) is 6.26 Å². The zero-order valence-electron chi connectivity index (χ0n) is 16.0. The van der Waals surface area contributed by atoms with Gasteiger partial charge in [0, 0.05) is 25.4 Å². The molecular formula is C20H28N4O3. The Morgan fingerprint density at radius 3 is 2.59 bits per heavy atom. The summed E-state index contributed by atoms with van der Waals surface area (Å²) in [7, 11) is 0. The predicted octanol–water partition coefficient (Wildman–Crippen LogP) is 2.66. The van der Waals surface area contributed by atoms with Crippen LogP contribution in [0, 0.1) is 18.8 Å². The molecule has 2 aliphatic heterocycles. The zero-order chi connectivity index (χ0) is 18.6. The lowest BCUT2D eigenvalue weighted by Gasteiger charge is -2.37. The summed E-state index contributed by atoms with van der Waals surface area (Å²) in [6.45, 7) is 6.31. The minimum Gasteiger partial charge on any atom is -0.468 e. The maximum atomic E-state index is 12.9. The predicted molar refractivity (Wildman–Crippen MR) is 98.8 cm³/mol. The van der Waals surface area contributed by atoms with Gasteiger partial charge >= 0.3 is 0 Å². The van der Waals surface area contributed by atoms with Crippen molar-refractivity contribution in [2.75, 3.05) is 26.2 Å². The van der Waals surface area contributed by atoms with Crippen molar-refractivity contribution < 1.29 is 13.7 Å². The Balaban J connectivity index is 1.20. The number of amides is 1. The maximum Gasteiger partial charge on any atom is 0.226 e. The molecule has 0 N–H and O–H groups in total. The molecule has 0 radical (unpaired) electrons. The topological polar surface area (TPSA) is 75.6 Å². The highest BCUT2D eigenvalue weighted by Gasteiger charge is 2.31. The first-order valence-electron chi connectivity index (χ1n) is 10.00. The smallest absolute Gasteiger partial charge is 0.226 e. The van der Waals surface area contributed by atoms with Crippen LogP contribution in [0.25, 0.3) is 0 Å². The van der Waals surface area contributed by atoms with Gasteiger partial charge < -0.3 is 13.8 Å². The van der Waals surface area contributed by atoms with Gasteiger partial charge in [0.1, 0.15) is 5.76 Å². The van der Waals surface area contributed by atoms with Gasteiger partial charge in [-0.1, -0.05) is 5.16 Å². The van der Waals surface area contributed by atoms with E-state index in [1.165, 1.54) is 0 Å². The third-order valence-corrected chi connectivity index (χ3v) is 5.86. The number of piperidine rings is 2. The summed E-state index contributed by atoms with van der Waals surface area (Å²) in [4.78, 5) is 21.6. The van der Waals surface area contributed by atoms with Crippen LogP contribution in [0.5, 0.6) is 0 Å². The minimum atomic E-state index is 0.174. The van der Waals surface area contributed by atoms with E-state index in [4.69, 9.17) is 8.94 Å². The zero-order valence-corrected chi connectivity index (χ0v) is 16.0. The lowest BCUT2D eigenvalue weighted by molar-refractivity contribution is -0.138. The van der Waals surface area contributed by atoms with Crippen molar-refractivity contribution in [2.45, 2.75) is 45.6 Å². The van der Waals surface area contributed by atoms with Crippen molar-refractivity contribution in [1.82, 2.24) is 19.9 Å². The van der Waals surface area contributed by atoms with Gasteiger partial charge in [-0.3, -0.25) is 9.69 Å². The molecule has 0 saturated carbocycles. The Labute approximate surface area is 159 Å². The number of aryl methyl sites for hydroxylation is 1. The lowest BCUT2D eigenvalue weighted by Crippen LogP contribution is -2.45. The summed E-state index contributed by atoms with van der Waals surface area (Å²) in [5, 5.41) is 3.86. The van der Waals surface area contributed by atoms with Crippen LogP contribution in [0.15, 0.2) is 27.3 Å². The van der Waals surface area contributed by atoms with Gasteiger partial charge in [-0.05, 0) is 63.7 Å². The average molecular weight is 372 g/mol. The molecule has 4 heterocycles. The first-order valence-corrected chi connectivity index (χ1v) is 10.00. The molecule has 0 spiro atoms. The van der Waals surface area contributed by atoms with Gasteiger partial charge in [0.05, 0.1) is 12.8 Å². The second-order valence-corrected chi connectivity index (χ2v) is 7.84. The summed E-state index contributed by atoms with van der Waals surface area (Å²) >= 11 is 0. The summed E-state index contributed by atoms with van der Waals surface area (Å²) < 4.78 is 10.7. The summed E-state index contributed by atoms with van der Waals surface area (Å²) in [5.74, 6) is 3.47.